The molecule has 0 atom stereocenters. The maximum absolute atomic E-state index is 13.0. The van der Waals surface area contributed by atoms with Gasteiger partial charge in [-0.3, -0.25) is 4.99 Å². The van der Waals surface area contributed by atoms with Gasteiger partial charge in [-0.2, -0.15) is 13.2 Å². The van der Waals surface area contributed by atoms with Crippen molar-refractivity contribution in [3.63, 3.8) is 0 Å². The summed E-state index contributed by atoms with van der Waals surface area (Å²) in [5.41, 5.74) is 0.488. The van der Waals surface area contributed by atoms with Gasteiger partial charge in [-0.05, 0) is 50.2 Å². The Bertz CT molecular complexity index is 515. The number of aliphatic imine (C=N–C) groups is 1. The van der Waals surface area contributed by atoms with E-state index >= 15 is 0 Å². The van der Waals surface area contributed by atoms with Gasteiger partial charge in [0.1, 0.15) is 0 Å². The molecule has 2 rings (SSSR count). The number of benzene rings is 1. The summed E-state index contributed by atoms with van der Waals surface area (Å²) in [5, 5.41) is 3.24. The van der Waals surface area contributed by atoms with Gasteiger partial charge in [0.25, 0.3) is 0 Å². The molecule has 1 N–H and O–H groups in total. The van der Waals surface area contributed by atoms with Gasteiger partial charge >= 0.3 is 6.18 Å². The first-order valence-corrected chi connectivity index (χ1v) is 6.53. The number of nitrogens with one attached hydrogen (secondary N) is 1. The topological polar surface area (TPSA) is 24.4 Å². The second-order valence-corrected chi connectivity index (χ2v) is 4.85. The standard InChI is InChI=1S/C15H17F3N2/c1-3-11-13(15(16,17)18)5-4-12(14(11)19-2)10-6-8-20-9-7-10/h3-5,10,20H,1-2,6-9H2. The zero-order chi connectivity index (χ0) is 14.8. The Balaban J connectivity index is 2.54. The quantitative estimate of drug-likeness (QED) is 0.828. The minimum atomic E-state index is -4.41. The van der Waals surface area contributed by atoms with Crippen LogP contribution in [-0.4, -0.2) is 19.8 Å². The predicted octanol–water partition coefficient (Wildman–Crippen LogP) is 4.15. The lowest BCUT2D eigenvalue weighted by Crippen LogP contribution is -2.26. The third-order valence-corrected chi connectivity index (χ3v) is 3.69. The fourth-order valence-electron chi connectivity index (χ4n) is 2.72. The molecule has 0 spiro atoms. The van der Waals surface area contributed by atoms with Crippen molar-refractivity contribution in [1.82, 2.24) is 5.32 Å². The van der Waals surface area contributed by atoms with Gasteiger partial charge in [0.05, 0.1) is 11.3 Å². The fraction of sp³-hybridized carbons (Fsp3) is 0.400. The van der Waals surface area contributed by atoms with Crippen LogP contribution in [0.25, 0.3) is 6.08 Å². The van der Waals surface area contributed by atoms with Gasteiger partial charge in [0.2, 0.25) is 0 Å². The molecule has 20 heavy (non-hydrogen) atoms. The van der Waals surface area contributed by atoms with E-state index in [1.165, 1.54) is 12.1 Å². The lowest BCUT2D eigenvalue weighted by molar-refractivity contribution is -0.137. The summed E-state index contributed by atoms with van der Waals surface area (Å²) in [6, 6.07) is 2.67. The predicted molar refractivity (Wildman–Crippen MR) is 75.6 cm³/mol. The van der Waals surface area contributed by atoms with Crippen LogP contribution in [0.3, 0.4) is 0 Å². The van der Waals surface area contributed by atoms with E-state index in [9.17, 15) is 13.2 Å². The number of hydrogen-bond donors (Lipinski definition) is 1. The zero-order valence-electron chi connectivity index (χ0n) is 11.1. The van der Waals surface area contributed by atoms with Crippen molar-refractivity contribution in [1.29, 1.82) is 0 Å². The number of nitrogens with zero attached hydrogens (tertiary/aromatic N) is 1. The van der Waals surface area contributed by atoms with Crippen molar-refractivity contribution in [3.8, 4) is 0 Å². The van der Waals surface area contributed by atoms with E-state index in [1.807, 2.05) is 0 Å². The van der Waals surface area contributed by atoms with Crippen LogP contribution in [0, 0.1) is 0 Å². The number of halogens is 3. The summed E-state index contributed by atoms with van der Waals surface area (Å²) in [6.07, 6.45) is -1.40. The summed E-state index contributed by atoms with van der Waals surface area (Å²) in [7, 11) is 0. The van der Waals surface area contributed by atoms with Gasteiger partial charge in [-0.1, -0.05) is 18.7 Å². The van der Waals surface area contributed by atoms with Crippen LogP contribution in [0.2, 0.25) is 0 Å². The maximum Gasteiger partial charge on any atom is 0.417 e. The van der Waals surface area contributed by atoms with Crippen molar-refractivity contribution >= 4 is 18.5 Å². The number of rotatable bonds is 3. The first-order valence-electron chi connectivity index (χ1n) is 6.53. The number of hydrogen-bond acceptors (Lipinski definition) is 2. The van der Waals surface area contributed by atoms with Crippen LogP contribution >= 0.6 is 0 Å². The summed E-state index contributed by atoms with van der Waals surface area (Å²) < 4.78 is 39.0. The molecule has 1 aliphatic heterocycles. The molecule has 1 aromatic rings. The fourth-order valence-corrected chi connectivity index (χ4v) is 2.72. The summed E-state index contributed by atoms with van der Waals surface area (Å²) in [6.45, 7) is 8.67. The number of alkyl halides is 3. The highest BCUT2D eigenvalue weighted by Crippen LogP contribution is 2.42. The molecule has 0 amide bonds. The summed E-state index contributed by atoms with van der Waals surface area (Å²) in [4.78, 5) is 3.85. The lowest BCUT2D eigenvalue weighted by Gasteiger charge is -2.25. The van der Waals surface area contributed by atoms with Gasteiger partial charge in [-0.15, -0.1) is 0 Å². The Hall–Kier alpha value is -1.62. The minimum absolute atomic E-state index is 0.0310. The normalized spacial score (nSPS) is 16.9. The van der Waals surface area contributed by atoms with Crippen molar-refractivity contribution in [2.45, 2.75) is 24.9 Å². The lowest BCUT2D eigenvalue weighted by atomic mass is 9.86. The monoisotopic (exact) mass is 282 g/mol. The molecule has 1 heterocycles. The molecular weight excluding hydrogens is 265 g/mol. The third-order valence-electron chi connectivity index (χ3n) is 3.69. The van der Waals surface area contributed by atoms with Gasteiger partial charge < -0.3 is 5.32 Å². The molecule has 5 heteroatoms. The Kier molecular flexibility index (Phi) is 4.28. The second kappa shape index (κ2) is 5.79. The molecule has 1 aromatic carbocycles. The van der Waals surface area contributed by atoms with E-state index in [1.54, 1.807) is 0 Å². The van der Waals surface area contributed by atoms with Crippen LogP contribution in [0.1, 0.15) is 35.4 Å². The molecule has 0 saturated carbocycles. The van der Waals surface area contributed by atoms with E-state index < -0.39 is 11.7 Å². The van der Waals surface area contributed by atoms with E-state index in [4.69, 9.17) is 0 Å². The molecule has 108 valence electrons. The third kappa shape index (κ3) is 2.77. The van der Waals surface area contributed by atoms with E-state index in [0.29, 0.717) is 5.69 Å². The van der Waals surface area contributed by atoms with Crippen LogP contribution in [0.15, 0.2) is 23.7 Å². The smallest absolute Gasteiger partial charge is 0.317 e. The number of piperidine rings is 1. The van der Waals surface area contributed by atoms with Crippen molar-refractivity contribution in [2.75, 3.05) is 13.1 Å². The average molecular weight is 282 g/mol. The Morgan fingerprint density at radius 2 is 1.90 bits per heavy atom. The molecule has 2 nitrogen and oxygen atoms in total. The largest absolute Gasteiger partial charge is 0.417 e. The molecule has 0 bridgehead atoms. The van der Waals surface area contributed by atoms with Gasteiger partial charge in [-0.25, -0.2) is 0 Å². The highest BCUT2D eigenvalue weighted by molar-refractivity contribution is 5.72. The van der Waals surface area contributed by atoms with E-state index in [2.05, 4.69) is 23.6 Å². The van der Waals surface area contributed by atoms with Crippen LogP contribution in [-0.2, 0) is 6.18 Å². The Morgan fingerprint density at radius 3 is 2.40 bits per heavy atom. The molecule has 0 unspecified atom stereocenters. The van der Waals surface area contributed by atoms with Crippen molar-refractivity contribution in [2.24, 2.45) is 4.99 Å². The molecule has 0 radical (unpaired) electrons. The summed E-state index contributed by atoms with van der Waals surface area (Å²) >= 11 is 0. The Morgan fingerprint density at radius 1 is 1.25 bits per heavy atom. The van der Waals surface area contributed by atoms with Crippen LogP contribution < -0.4 is 5.32 Å². The first-order chi connectivity index (χ1) is 9.49. The first kappa shape index (κ1) is 14.8. The average Bonchev–Trinajstić information content (AvgIpc) is 2.45. The SMILES string of the molecule is C=Cc1c(C(F)(F)F)ccc(C2CCNCC2)c1N=C. The van der Waals surface area contributed by atoms with E-state index in [0.717, 1.165) is 37.6 Å². The minimum Gasteiger partial charge on any atom is -0.317 e. The molecule has 0 aliphatic carbocycles. The molecule has 0 aromatic heterocycles. The van der Waals surface area contributed by atoms with Gasteiger partial charge in [0, 0.05) is 5.56 Å². The Labute approximate surface area is 116 Å². The zero-order valence-corrected chi connectivity index (χ0v) is 11.1. The van der Waals surface area contributed by atoms with Crippen LogP contribution in [0.5, 0.6) is 0 Å². The highest BCUT2D eigenvalue weighted by Gasteiger charge is 2.34. The highest BCUT2D eigenvalue weighted by atomic mass is 19.4. The van der Waals surface area contributed by atoms with Crippen LogP contribution in [0.4, 0.5) is 18.9 Å². The summed E-state index contributed by atoms with van der Waals surface area (Å²) in [5.74, 6) is 0.220. The van der Waals surface area contributed by atoms with Crippen molar-refractivity contribution in [3.05, 3.63) is 35.4 Å². The molecule has 1 saturated heterocycles. The molecule has 1 aliphatic rings. The molecular formula is C15H17F3N2. The molecule has 1 fully saturated rings. The van der Waals surface area contributed by atoms with E-state index in [-0.39, 0.29) is 11.5 Å². The van der Waals surface area contributed by atoms with Gasteiger partial charge in [0.15, 0.2) is 0 Å². The maximum atomic E-state index is 13.0. The second-order valence-electron chi connectivity index (χ2n) is 4.85. The van der Waals surface area contributed by atoms with Crippen molar-refractivity contribution < 1.29 is 13.2 Å².